The summed E-state index contributed by atoms with van der Waals surface area (Å²) in [6, 6.07) is 4.39. The van der Waals surface area contributed by atoms with Gasteiger partial charge in [-0.05, 0) is 43.4 Å². The molecular weight excluding hydrogens is 228 g/mol. The Kier molecular flexibility index (Phi) is 4.55. The Balaban J connectivity index is 2.26. The van der Waals surface area contributed by atoms with Crippen molar-refractivity contribution < 1.29 is 10.2 Å². The van der Waals surface area contributed by atoms with Crippen molar-refractivity contribution in [3.8, 4) is 0 Å². The smallest absolute Gasteiger partial charge is 0.129 e. The third kappa shape index (κ3) is 2.82. The maximum Gasteiger partial charge on any atom is 0.129 e. The van der Waals surface area contributed by atoms with Gasteiger partial charge in [0, 0.05) is 18.3 Å². The Labute approximate surface area is 108 Å². The summed E-state index contributed by atoms with van der Waals surface area (Å²) in [6.07, 6.45) is 4.46. The Morgan fingerprint density at radius 2 is 2.11 bits per heavy atom. The molecule has 0 atom stereocenters. The topological polar surface area (TPSA) is 56.6 Å². The molecule has 4 heteroatoms. The largest absolute Gasteiger partial charge is 0.395 e. The van der Waals surface area contributed by atoms with Gasteiger partial charge in [0.15, 0.2) is 0 Å². The molecule has 1 aliphatic rings. The minimum Gasteiger partial charge on any atom is -0.395 e. The fourth-order valence-corrected chi connectivity index (χ4v) is 2.34. The van der Waals surface area contributed by atoms with Gasteiger partial charge in [0.2, 0.25) is 0 Å². The van der Waals surface area contributed by atoms with E-state index in [4.69, 9.17) is 0 Å². The molecule has 2 N–H and O–H groups in total. The molecule has 1 heterocycles. The minimum atomic E-state index is 0.0418. The van der Waals surface area contributed by atoms with Crippen molar-refractivity contribution in [2.24, 2.45) is 0 Å². The molecule has 2 rings (SSSR count). The molecule has 18 heavy (non-hydrogen) atoms. The van der Waals surface area contributed by atoms with Gasteiger partial charge in [0.05, 0.1) is 13.2 Å². The van der Waals surface area contributed by atoms with E-state index in [1.807, 2.05) is 12.1 Å². The van der Waals surface area contributed by atoms with Gasteiger partial charge >= 0.3 is 0 Å². The van der Waals surface area contributed by atoms with Crippen molar-refractivity contribution in [2.75, 3.05) is 18.1 Å². The van der Waals surface area contributed by atoms with Gasteiger partial charge < -0.3 is 15.1 Å². The first-order valence-corrected chi connectivity index (χ1v) is 6.76. The number of aliphatic hydroxyl groups excluding tert-OH is 2. The molecular formula is C14H22N2O2. The normalized spacial score (nSPS) is 15.5. The van der Waals surface area contributed by atoms with Crippen LogP contribution in [0.15, 0.2) is 12.1 Å². The van der Waals surface area contributed by atoms with Crippen molar-refractivity contribution in [3.63, 3.8) is 0 Å². The molecule has 1 fully saturated rings. The summed E-state index contributed by atoms with van der Waals surface area (Å²) in [5.41, 5.74) is 1.90. The monoisotopic (exact) mass is 250 g/mol. The average molecular weight is 250 g/mol. The summed E-state index contributed by atoms with van der Waals surface area (Å²) in [5.74, 6) is 0.900. The number of aromatic nitrogens is 1. The standard InChI is InChI=1S/C14H22N2O2/c1-2-12-8-11(10-18)9-14(15-12)16(6-7-17)13-4-3-5-13/h8-9,13,17-18H,2-7,10H2,1H3. The fourth-order valence-electron chi connectivity index (χ4n) is 2.34. The van der Waals surface area contributed by atoms with E-state index in [0.717, 1.165) is 23.5 Å². The number of rotatable bonds is 6. The summed E-state index contributed by atoms with van der Waals surface area (Å²) in [4.78, 5) is 6.81. The number of anilines is 1. The Hall–Kier alpha value is -1.13. The van der Waals surface area contributed by atoms with E-state index in [9.17, 15) is 10.2 Å². The molecule has 1 aromatic rings. The van der Waals surface area contributed by atoms with Crippen LogP contribution in [0, 0.1) is 0 Å². The van der Waals surface area contributed by atoms with E-state index in [1.54, 1.807) is 0 Å². The molecule has 0 aliphatic heterocycles. The molecule has 0 bridgehead atoms. The molecule has 0 radical (unpaired) electrons. The second kappa shape index (κ2) is 6.16. The van der Waals surface area contributed by atoms with Crippen molar-refractivity contribution in [2.45, 2.75) is 45.3 Å². The van der Waals surface area contributed by atoms with Gasteiger partial charge in [-0.15, -0.1) is 0 Å². The van der Waals surface area contributed by atoms with Crippen molar-refractivity contribution in [1.29, 1.82) is 0 Å². The second-order valence-corrected chi connectivity index (χ2v) is 4.84. The first kappa shape index (κ1) is 13.3. The summed E-state index contributed by atoms with van der Waals surface area (Å²) in [5, 5.41) is 18.5. The van der Waals surface area contributed by atoms with Gasteiger partial charge in [0.25, 0.3) is 0 Å². The van der Waals surface area contributed by atoms with E-state index < -0.39 is 0 Å². The van der Waals surface area contributed by atoms with E-state index >= 15 is 0 Å². The summed E-state index contributed by atoms with van der Waals surface area (Å²) in [6.45, 7) is 2.87. The number of nitrogens with zero attached hydrogens (tertiary/aromatic N) is 2. The molecule has 0 amide bonds. The summed E-state index contributed by atoms with van der Waals surface area (Å²) in [7, 11) is 0. The number of hydrogen-bond acceptors (Lipinski definition) is 4. The van der Waals surface area contributed by atoms with Crippen LogP contribution in [0.3, 0.4) is 0 Å². The van der Waals surface area contributed by atoms with Crippen LogP contribution in [-0.2, 0) is 13.0 Å². The lowest BCUT2D eigenvalue weighted by atomic mass is 9.91. The SMILES string of the molecule is CCc1cc(CO)cc(N(CCO)C2CCC2)n1. The second-order valence-electron chi connectivity index (χ2n) is 4.84. The number of aliphatic hydroxyl groups is 2. The molecule has 100 valence electrons. The fraction of sp³-hybridized carbons (Fsp3) is 0.643. The highest BCUT2D eigenvalue weighted by atomic mass is 16.3. The van der Waals surface area contributed by atoms with Crippen LogP contribution in [0.25, 0.3) is 0 Å². The molecule has 0 saturated heterocycles. The maximum absolute atomic E-state index is 9.31. The van der Waals surface area contributed by atoms with Crippen molar-refractivity contribution in [1.82, 2.24) is 4.98 Å². The van der Waals surface area contributed by atoms with E-state index in [1.165, 1.54) is 19.3 Å². The lowest BCUT2D eigenvalue weighted by Gasteiger charge is -2.38. The highest BCUT2D eigenvalue weighted by Crippen LogP contribution is 2.29. The van der Waals surface area contributed by atoms with Gasteiger partial charge in [-0.2, -0.15) is 0 Å². The lowest BCUT2D eigenvalue weighted by molar-refractivity contribution is 0.279. The number of hydrogen-bond donors (Lipinski definition) is 2. The molecule has 0 unspecified atom stereocenters. The van der Waals surface area contributed by atoms with Gasteiger partial charge in [-0.1, -0.05) is 6.92 Å². The lowest BCUT2D eigenvalue weighted by Crippen LogP contribution is -2.42. The highest BCUT2D eigenvalue weighted by molar-refractivity contribution is 5.44. The first-order valence-electron chi connectivity index (χ1n) is 6.76. The number of aryl methyl sites for hydroxylation is 1. The van der Waals surface area contributed by atoms with E-state index in [2.05, 4.69) is 16.8 Å². The Morgan fingerprint density at radius 1 is 1.33 bits per heavy atom. The predicted octanol–water partition coefficient (Wildman–Crippen LogP) is 1.49. The van der Waals surface area contributed by atoms with Crippen LogP contribution >= 0.6 is 0 Å². The average Bonchev–Trinajstić information content (AvgIpc) is 2.35. The van der Waals surface area contributed by atoms with Gasteiger partial charge in [-0.3, -0.25) is 0 Å². The van der Waals surface area contributed by atoms with Crippen molar-refractivity contribution in [3.05, 3.63) is 23.4 Å². The van der Waals surface area contributed by atoms with Crippen LogP contribution in [0.5, 0.6) is 0 Å². The van der Waals surface area contributed by atoms with Crippen LogP contribution < -0.4 is 4.90 Å². The zero-order chi connectivity index (χ0) is 13.0. The molecule has 0 spiro atoms. The van der Waals surface area contributed by atoms with E-state index in [-0.39, 0.29) is 13.2 Å². The first-order chi connectivity index (χ1) is 8.78. The quantitative estimate of drug-likeness (QED) is 0.803. The maximum atomic E-state index is 9.31. The van der Waals surface area contributed by atoms with Crippen LogP contribution in [0.4, 0.5) is 5.82 Å². The molecule has 1 saturated carbocycles. The minimum absolute atomic E-state index is 0.0418. The zero-order valence-electron chi connectivity index (χ0n) is 11.0. The Bertz CT molecular complexity index is 369. The number of pyridine rings is 1. The third-order valence-electron chi connectivity index (χ3n) is 3.62. The van der Waals surface area contributed by atoms with Crippen LogP contribution in [-0.4, -0.2) is 34.4 Å². The molecule has 1 aromatic heterocycles. The van der Waals surface area contributed by atoms with E-state index in [0.29, 0.717) is 12.6 Å². The van der Waals surface area contributed by atoms with Crippen LogP contribution in [0.1, 0.15) is 37.4 Å². The van der Waals surface area contributed by atoms with Crippen molar-refractivity contribution >= 4 is 5.82 Å². The molecule has 1 aliphatic carbocycles. The van der Waals surface area contributed by atoms with Gasteiger partial charge in [-0.25, -0.2) is 4.98 Å². The third-order valence-corrected chi connectivity index (χ3v) is 3.62. The Morgan fingerprint density at radius 3 is 2.61 bits per heavy atom. The molecule has 4 nitrogen and oxygen atoms in total. The zero-order valence-corrected chi connectivity index (χ0v) is 11.0. The van der Waals surface area contributed by atoms with Gasteiger partial charge in [0.1, 0.15) is 5.82 Å². The summed E-state index contributed by atoms with van der Waals surface area (Å²) >= 11 is 0. The predicted molar refractivity (Wildman–Crippen MR) is 71.6 cm³/mol. The summed E-state index contributed by atoms with van der Waals surface area (Å²) < 4.78 is 0. The highest BCUT2D eigenvalue weighted by Gasteiger charge is 2.25. The van der Waals surface area contributed by atoms with Crippen LogP contribution in [0.2, 0.25) is 0 Å². The molecule has 0 aromatic carbocycles.